The van der Waals surface area contributed by atoms with Crippen LogP contribution in [-0.4, -0.2) is 6.72 Å². The molecule has 2 nitrogen and oxygen atoms in total. The Morgan fingerprint density at radius 3 is 2.45 bits per heavy atom. The quantitative estimate of drug-likeness (QED) is 0.349. The van der Waals surface area contributed by atoms with Crippen LogP contribution in [0.3, 0.4) is 0 Å². The summed E-state index contributed by atoms with van der Waals surface area (Å²) in [7, 11) is 0. The van der Waals surface area contributed by atoms with Gasteiger partial charge in [-0.2, -0.15) is 0 Å². The summed E-state index contributed by atoms with van der Waals surface area (Å²) in [6.45, 7) is 3.39. The minimum absolute atomic E-state index is 0.603. The molecule has 0 unspecified atom stereocenters. The fourth-order valence-corrected chi connectivity index (χ4v) is 1.17. The zero-order valence-electron chi connectivity index (χ0n) is 5.78. The molecule has 0 amide bonds. The van der Waals surface area contributed by atoms with Crippen molar-refractivity contribution in [2.24, 2.45) is 4.99 Å². The van der Waals surface area contributed by atoms with Crippen molar-refractivity contribution in [3.63, 3.8) is 0 Å². The van der Waals surface area contributed by atoms with E-state index in [2.05, 4.69) is 37.0 Å². The number of benzene rings is 1. The Morgan fingerprint density at radius 1 is 1.27 bits per heavy atom. The van der Waals surface area contributed by atoms with E-state index in [9.17, 15) is 0 Å². The predicted octanol–water partition coefficient (Wildman–Crippen LogP) is 2.18. The average molecular weight is 184 g/mol. The average Bonchev–Trinajstić information content (AvgIpc) is 1.97. The molecule has 0 radical (unpaired) electrons. The van der Waals surface area contributed by atoms with Crippen molar-refractivity contribution in [2.75, 3.05) is 5.73 Å². The van der Waals surface area contributed by atoms with Gasteiger partial charge in [0.25, 0.3) is 0 Å². The number of rotatable bonds is 1. The highest BCUT2D eigenvalue weighted by Gasteiger charge is 2.00. The van der Waals surface area contributed by atoms with Crippen LogP contribution in [0.5, 0.6) is 0 Å². The largest absolute Gasteiger partial charge is 0.398 e. The van der Waals surface area contributed by atoms with Crippen molar-refractivity contribution in [1.82, 2.24) is 0 Å². The summed E-state index contributed by atoms with van der Waals surface area (Å²) in [5, 5.41) is 0. The zero-order valence-corrected chi connectivity index (χ0v) is 7.57. The lowest BCUT2D eigenvalue weighted by molar-refractivity contribution is 1.33. The third-order valence-electron chi connectivity index (χ3n) is 1.29. The Hall–Kier alpha value is -0.610. The fraction of sp³-hybridized carbons (Fsp3) is 0. The standard InChI is InChI=1S/C7H8N2S2/c1-9-5-3-6(10)4(8)2-7(5)11/h2-3,10-11H,1,8H2. The van der Waals surface area contributed by atoms with E-state index in [0.29, 0.717) is 16.3 Å². The molecular formula is C7H8N2S2. The van der Waals surface area contributed by atoms with Gasteiger partial charge in [-0.1, -0.05) is 0 Å². The normalized spacial score (nSPS) is 9.64. The molecule has 0 heterocycles. The molecule has 0 aliphatic rings. The molecule has 1 aromatic rings. The van der Waals surface area contributed by atoms with Crippen molar-refractivity contribution < 1.29 is 0 Å². The Bertz CT molecular complexity index is 297. The molecule has 11 heavy (non-hydrogen) atoms. The van der Waals surface area contributed by atoms with Gasteiger partial charge in [-0.05, 0) is 18.9 Å². The number of hydrogen-bond acceptors (Lipinski definition) is 4. The van der Waals surface area contributed by atoms with E-state index in [1.165, 1.54) is 0 Å². The molecule has 0 spiro atoms. The molecule has 0 aliphatic carbocycles. The van der Waals surface area contributed by atoms with Gasteiger partial charge in [0.15, 0.2) is 0 Å². The molecule has 0 bridgehead atoms. The van der Waals surface area contributed by atoms with Gasteiger partial charge >= 0.3 is 0 Å². The molecule has 1 aromatic carbocycles. The van der Waals surface area contributed by atoms with Crippen molar-refractivity contribution in [2.45, 2.75) is 9.79 Å². The molecule has 1 rings (SSSR count). The molecule has 58 valence electrons. The maximum absolute atomic E-state index is 5.56. The highest BCUT2D eigenvalue weighted by Crippen LogP contribution is 2.29. The lowest BCUT2D eigenvalue weighted by Gasteiger charge is -2.02. The van der Waals surface area contributed by atoms with E-state index in [0.717, 1.165) is 4.90 Å². The zero-order chi connectivity index (χ0) is 8.43. The third-order valence-corrected chi connectivity index (χ3v) is 2.04. The van der Waals surface area contributed by atoms with Crippen LogP contribution in [-0.2, 0) is 0 Å². The summed E-state index contributed by atoms with van der Waals surface area (Å²) in [6, 6.07) is 3.43. The predicted molar refractivity (Wildman–Crippen MR) is 54.6 cm³/mol. The van der Waals surface area contributed by atoms with Crippen LogP contribution in [0.25, 0.3) is 0 Å². The maximum atomic E-state index is 5.56. The van der Waals surface area contributed by atoms with E-state index < -0.39 is 0 Å². The molecular weight excluding hydrogens is 176 g/mol. The smallest absolute Gasteiger partial charge is 0.0768 e. The van der Waals surface area contributed by atoms with Gasteiger partial charge in [-0.3, -0.25) is 4.99 Å². The van der Waals surface area contributed by atoms with E-state index in [1.54, 1.807) is 12.1 Å². The topological polar surface area (TPSA) is 38.4 Å². The number of nitrogens with zero attached hydrogens (tertiary/aromatic N) is 1. The number of nitrogen functional groups attached to an aromatic ring is 1. The molecule has 0 aromatic heterocycles. The molecule has 0 atom stereocenters. The van der Waals surface area contributed by atoms with Crippen molar-refractivity contribution in [1.29, 1.82) is 0 Å². The molecule has 0 fully saturated rings. The summed E-state index contributed by atoms with van der Waals surface area (Å²) < 4.78 is 0. The second kappa shape index (κ2) is 3.19. The lowest BCUT2D eigenvalue weighted by atomic mass is 10.3. The summed E-state index contributed by atoms with van der Waals surface area (Å²) in [5.74, 6) is 0. The first-order chi connectivity index (χ1) is 5.15. The number of thiol groups is 2. The monoisotopic (exact) mass is 184 g/mol. The van der Waals surface area contributed by atoms with Crippen LogP contribution in [0.1, 0.15) is 0 Å². The van der Waals surface area contributed by atoms with Crippen LogP contribution in [0.4, 0.5) is 11.4 Å². The fourth-order valence-electron chi connectivity index (χ4n) is 0.709. The van der Waals surface area contributed by atoms with E-state index >= 15 is 0 Å². The lowest BCUT2D eigenvalue weighted by Crippen LogP contribution is -1.86. The summed E-state index contributed by atoms with van der Waals surface area (Å²) in [4.78, 5) is 5.16. The Kier molecular flexibility index (Phi) is 2.46. The highest BCUT2D eigenvalue weighted by atomic mass is 32.1. The van der Waals surface area contributed by atoms with Gasteiger partial charge in [0.05, 0.1) is 5.69 Å². The Morgan fingerprint density at radius 2 is 1.91 bits per heavy atom. The van der Waals surface area contributed by atoms with Crippen LogP contribution < -0.4 is 5.73 Å². The number of hydrogen-bond donors (Lipinski definition) is 3. The minimum atomic E-state index is 0.603. The molecule has 0 aliphatic heterocycles. The Labute approximate surface area is 76.3 Å². The molecule has 2 N–H and O–H groups in total. The number of anilines is 1. The van der Waals surface area contributed by atoms with E-state index in [1.807, 2.05) is 0 Å². The van der Waals surface area contributed by atoms with Crippen molar-refractivity contribution >= 4 is 43.3 Å². The third kappa shape index (κ3) is 1.70. The second-order valence-electron chi connectivity index (χ2n) is 2.06. The number of nitrogens with two attached hydrogens (primary N) is 1. The summed E-state index contributed by atoms with van der Waals surface area (Å²) in [5.41, 5.74) is 6.86. The van der Waals surface area contributed by atoms with Crippen LogP contribution >= 0.6 is 25.3 Å². The van der Waals surface area contributed by atoms with Gasteiger partial charge in [0.2, 0.25) is 0 Å². The van der Waals surface area contributed by atoms with Gasteiger partial charge in [-0.25, -0.2) is 0 Å². The first-order valence-corrected chi connectivity index (χ1v) is 3.82. The van der Waals surface area contributed by atoms with E-state index in [4.69, 9.17) is 5.73 Å². The maximum Gasteiger partial charge on any atom is 0.0768 e. The highest BCUT2D eigenvalue weighted by molar-refractivity contribution is 7.81. The SMILES string of the molecule is C=Nc1cc(S)c(N)cc1S. The Balaban J connectivity index is 3.31. The first kappa shape index (κ1) is 8.49. The number of aliphatic imine (C=N–C) groups is 1. The van der Waals surface area contributed by atoms with Gasteiger partial charge in [0, 0.05) is 15.5 Å². The van der Waals surface area contributed by atoms with Crippen molar-refractivity contribution in [3.05, 3.63) is 12.1 Å². The van der Waals surface area contributed by atoms with Gasteiger partial charge in [0.1, 0.15) is 0 Å². The van der Waals surface area contributed by atoms with Gasteiger partial charge < -0.3 is 5.73 Å². The van der Waals surface area contributed by atoms with Crippen molar-refractivity contribution in [3.8, 4) is 0 Å². The van der Waals surface area contributed by atoms with Crippen LogP contribution in [0, 0.1) is 0 Å². The van der Waals surface area contributed by atoms with Crippen LogP contribution in [0.15, 0.2) is 26.9 Å². The minimum Gasteiger partial charge on any atom is -0.398 e. The van der Waals surface area contributed by atoms with E-state index in [-0.39, 0.29) is 0 Å². The summed E-state index contributed by atoms with van der Waals surface area (Å²) in [6.07, 6.45) is 0. The second-order valence-corrected chi connectivity index (χ2v) is 3.02. The summed E-state index contributed by atoms with van der Waals surface area (Å²) >= 11 is 8.27. The van der Waals surface area contributed by atoms with Crippen LogP contribution in [0.2, 0.25) is 0 Å². The molecule has 0 saturated heterocycles. The first-order valence-electron chi connectivity index (χ1n) is 2.93. The molecule has 4 heteroatoms. The van der Waals surface area contributed by atoms with Gasteiger partial charge in [-0.15, -0.1) is 25.3 Å². The molecule has 0 saturated carbocycles.